The van der Waals surface area contributed by atoms with Crippen LogP contribution in [0.25, 0.3) is 10.8 Å². The number of nitro groups is 1. The lowest BCUT2D eigenvalue weighted by molar-refractivity contribution is -0.383. The van der Waals surface area contributed by atoms with E-state index in [0.717, 1.165) is 0 Å². The molecule has 1 amide bonds. The quantitative estimate of drug-likeness (QED) is 0.591. The number of carbonyl (C=O) groups excluding carboxylic acids is 1. The number of benzene rings is 1. The van der Waals surface area contributed by atoms with Crippen molar-refractivity contribution in [2.24, 2.45) is 0 Å². The van der Waals surface area contributed by atoms with Crippen LogP contribution in [0.3, 0.4) is 0 Å². The lowest BCUT2D eigenvalue weighted by Crippen LogP contribution is -2.14. The van der Waals surface area contributed by atoms with E-state index in [0.29, 0.717) is 21.5 Å². The van der Waals surface area contributed by atoms with Gasteiger partial charge in [-0.25, -0.2) is 4.98 Å². The zero-order valence-electron chi connectivity index (χ0n) is 11.4. The number of rotatable bonds is 3. The van der Waals surface area contributed by atoms with Crippen molar-refractivity contribution in [1.82, 2.24) is 9.97 Å². The Morgan fingerprint density at radius 3 is 2.86 bits per heavy atom. The minimum Gasteiger partial charge on any atom is -0.296 e. The first-order valence-electron chi connectivity index (χ1n) is 6.31. The van der Waals surface area contributed by atoms with Crippen LogP contribution in [0.2, 0.25) is 0 Å². The predicted molar refractivity (Wildman–Crippen MR) is 83.2 cm³/mol. The average Bonchev–Trinajstić information content (AvgIpc) is 2.99. The smallest absolute Gasteiger partial charge is 0.277 e. The van der Waals surface area contributed by atoms with E-state index in [1.165, 1.54) is 23.6 Å². The molecular weight excluding hydrogens is 304 g/mol. The van der Waals surface area contributed by atoms with E-state index in [-0.39, 0.29) is 11.4 Å². The van der Waals surface area contributed by atoms with Gasteiger partial charge in [0.2, 0.25) is 0 Å². The second-order valence-electron chi connectivity index (χ2n) is 4.54. The molecular formula is C14H10N4O3S. The molecule has 110 valence electrons. The molecule has 1 aromatic carbocycles. The number of anilines is 1. The van der Waals surface area contributed by atoms with Crippen molar-refractivity contribution in [1.29, 1.82) is 0 Å². The Labute approximate surface area is 128 Å². The molecule has 0 radical (unpaired) electrons. The molecule has 7 nitrogen and oxygen atoms in total. The maximum atomic E-state index is 12.3. The molecule has 22 heavy (non-hydrogen) atoms. The van der Waals surface area contributed by atoms with Crippen LogP contribution >= 0.6 is 11.3 Å². The van der Waals surface area contributed by atoms with E-state index in [4.69, 9.17) is 0 Å². The van der Waals surface area contributed by atoms with E-state index in [2.05, 4.69) is 15.3 Å². The Bertz CT molecular complexity index is 877. The van der Waals surface area contributed by atoms with Gasteiger partial charge in [0.15, 0.2) is 5.13 Å². The normalized spacial score (nSPS) is 10.6. The molecule has 0 atom stereocenters. The molecule has 3 aromatic rings. The number of hydrogen-bond donors (Lipinski definition) is 1. The molecule has 0 aliphatic heterocycles. The highest BCUT2D eigenvalue weighted by molar-refractivity contribution is 7.13. The van der Waals surface area contributed by atoms with Crippen molar-refractivity contribution in [2.45, 2.75) is 6.92 Å². The number of aryl methyl sites for hydroxylation is 1. The van der Waals surface area contributed by atoms with Crippen molar-refractivity contribution in [3.8, 4) is 0 Å². The van der Waals surface area contributed by atoms with Crippen LogP contribution in [0.15, 0.2) is 36.0 Å². The lowest BCUT2D eigenvalue weighted by atomic mass is 10.0. The zero-order chi connectivity index (χ0) is 15.7. The van der Waals surface area contributed by atoms with E-state index in [1.54, 1.807) is 30.6 Å². The third-order valence-corrected chi connectivity index (χ3v) is 3.83. The van der Waals surface area contributed by atoms with Crippen LogP contribution in [0.1, 0.15) is 16.1 Å². The summed E-state index contributed by atoms with van der Waals surface area (Å²) in [4.78, 5) is 31.2. The summed E-state index contributed by atoms with van der Waals surface area (Å²) in [6.45, 7) is 1.73. The molecule has 2 aromatic heterocycles. The van der Waals surface area contributed by atoms with Gasteiger partial charge in [0.1, 0.15) is 5.69 Å². The van der Waals surface area contributed by atoms with Crippen molar-refractivity contribution < 1.29 is 9.72 Å². The van der Waals surface area contributed by atoms with Crippen molar-refractivity contribution in [3.05, 3.63) is 57.3 Å². The van der Waals surface area contributed by atoms with E-state index < -0.39 is 10.8 Å². The average molecular weight is 314 g/mol. The molecule has 0 bridgehead atoms. The molecule has 1 N–H and O–H groups in total. The van der Waals surface area contributed by atoms with Gasteiger partial charge in [-0.1, -0.05) is 12.1 Å². The van der Waals surface area contributed by atoms with Crippen molar-refractivity contribution in [2.75, 3.05) is 5.32 Å². The monoisotopic (exact) mass is 314 g/mol. The molecule has 0 aliphatic rings. The highest BCUT2D eigenvalue weighted by Gasteiger charge is 2.20. The summed E-state index contributed by atoms with van der Waals surface area (Å²) in [5.74, 6) is -0.444. The minimum atomic E-state index is -0.460. The fourth-order valence-corrected chi connectivity index (χ4v) is 2.75. The van der Waals surface area contributed by atoms with Crippen LogP contribution in [-0.4, -0.2) is 20.8 Å². The Balaban J connectivity index is 2.15. The van der Waals surface area contributed by atoms with Crippen LogP contribution < -0.4 is 5.32 Å². The number of carbonyl (C=O) groups is 1. The molecule has 0 saturated carbocycles. The highest BCUT2D eigenvalue weighted by Crippen LogP contribution is 2.30. The van der Waals surface area contributed by atoms with E-state index >= 15 is 0 Å². The number of hydrogen-bond acceptors (Lipinski definition) is 6. The molecule has 0 aliphatic carbocycles. The highest BCUT2D eigenvalue weighted by atomic mass is 32.1. The van der Waals surface area contributed by atoms with Gasteiger partial charge in [-0.05, 0) is 12.5 Å². The predicted octanol–water partition coefficient (Wildman–Crippen LogP) is 3.16. The maximum Gasteiger partial charge on any atom is 0.277 e. The fourth-order valence-electron chi connectivity index (χ4n) is 2.22. The Kier molecular flexibility index (Phi) is 3.51. The molecule has 0 saturated heterocycles. The molecule has 0 spiro atoms. The van der Waals surface area contributed by atoms with Crippen molar-refractivity contribution >= 4 is 38.8 Å². The Morgan fingerprint density at radius 2 is 2.18 bits per heavy atom. The molecule has 8 heteroatoms. The summed E-state index contributed by atoms with van der Waals surface area (Å²) in [5.41, 5.74) is 0.744. The van der Waals surface area contributed by atoms with Gasteiger partial charge in [0.25, 0.3) is 11.6 Å². The van der Waals surface area contributed by atoms with E-state index in [9.17, 15) is 14.9 Å². The van der Waals surface area contributed by atoms with Gasteiger partial charge in [0.05, 0.1) is 10.3 Å². The van der Waals surface area contributed by atoms with Gasteiger partial charge in [-0.2, -0.15) is 0 Å². The first-order chi connectivity index (χ1) is 10.6. The molecule has 3 rings (SSSR count). The topological polar surface area (TPSA) is 98.0 Å². The summed E-state index contributed by atoms with van der Waals surface area (Å²) in [7, 11) is 0. The van der Waals surface area contributed by atoms with E-state index in [1.807, 2.05) is 0 Å². The van der Waals surface area contributed by atoms with Gasteiger partial charge >= 0.3 is 0 Å². The van der Waals surface area contributed by atoms with Gasteiger partial charge in [-0.15, -0.1) is 11.3 Å². The summed E-state index contributed by atoms with van der Waals surface area (Å²) >= 11 is 1.28. The largest absolute Gasteiger partial charge is 0.296 e. The van der Waals surface area contributed by atoms with Crippen molar-refractivity contribution in [3.63, 3.8) is 0 Å². The first kappa shape index (κ1) is 14.1. The van der Waals surface area contributed by atoms with Gasteiger partial charge in [-0.3, -0.25) is 25.2 Å². The molecule has 0 fully saturated rings. The van der Waals surface area contributed by atoms with Crippen LogP contribution in [0.4, 0.5) is 10.8 Å². The number of fused-ring (bicyclic) bond motifs is 1. The fraction of sp³-hybridized carbons (Fsp3) is 0.0714. The van der Waals surface area contributed by atoms with Gasteiger partial charge < -0.3 is 0 Å². The zero-order valence-corrected chi connectivity index (χ0v) is 12.3. The molecule has 2 heterocycles. The SMILES string of the molecule is Cc1cnc(C(=O)Nc2nccs2)c2cccc([N+](=O)[O-])c12. The number of non-ortho nitro benzene ring substituents is 1. The van der Waals surface area contributed by atoms with Gasteiger partial charge in [0, 0.05) is 29.2 Å². The lowest BCUT2D eigenvalue weighted by Gasteiger charge is -2.08. The van der Waals surface area contributed by atoms with Crippen LogP contribution in [-0.2, 0) is 0 Å². The number of nitrogens with zero attached hydrogens (tertiary/aromatic N) is 3. The summed E-state index contributed by atoms with van der Waals surface area (Å²) in [6, 6.07) is 4.61. The summed E-state index contributed by atoms with van der Waals surface area (Å²) in [5, 5.41) is 16.9. The number of nitrogens with one attached hydrogen (secondary N) is 1. The summed E-state index contributed by atoms with van der Waals surface area (Å²) < 4.78 is 0. The first-order valence-corrected chi connectivity index (χ1v) is 7.19. The second kappa shape index (κ2) is 5.49. The molecule has 0 unspecified atom stereocenters. The summed E-state index contributed by atoms with van der Waals surface area (Å²) in [6.07, 6.45) is 3.04. The third kappa shape index (κ3) is 2.40. The standard InChI is InChI=1S/C14H10N4O3S/c1-8-7-16-12(13(19)17-14-15-5-6-22-14)9-3-2-4-10(11(8)9)18(20)21/h2-7H,1H3,(H,15,17,19). The van der Waals surface area contributed by atoms with Crippen LogP contribution in [0, 0.1) is 17.0 Å². The number of aromatic nitrogens is 2. The number of amides is 1. The maximum absolute atomic E-state index is 12.3. The number of thiazole rings is 1. The van der Waals surface area contributed by atoms with Crippen LogP contribution in [0.5, 0.6) is 0 Å². The Morgan fingerprint density at radius 1 is 1.36 bits per heavy atom. The minimum absolute atomic E-state index is 0.0410. The number of pyridine rings is 1. The second-order valence-corrected chi connectivity index (χ2v) is 5.43. The number of nitro benzene ring substituents is 1. The Hall–Kier alpha value is -2.87. The third-order valence-electron chi connectivity index (χ3n) is 3.14.